The van der Waals surface area contributed by atoms with Crippen LogP contribution in [0.3, 0.4) is 0 Å². The number of aryl methyl sites for hydroxylation is 1. The lowest BCUT2D eigenvalue weighted by Crippen LogP contribution is -2.25. The Morgan fingerprint density at radius 2 is 2.21 bits per heavy atom. The number of aromatic amines is 1. The van der Waals surface area contributed by atoms with Crippen LogP contribution in [0, 0.1) is 0 Å². The van der Waals surface area contributed by atoms with Crippen LogP contribution in [0.15, 0.2) is 29.4 Å². The Hall–Kier alpha value is -1.93. The van der Waals surface area contributed by atoms with E-state index in [9.17, 15) is 8.42 Å². The topological polar surface area (TPSA) is 114 Å². The molecule has 2 rings (SSSR count). The SMILES string of the molecule is CCc1ccc(N)cc1S(=O)(=O)NCc1ncn[nH]1. The van der Waals surface area contributed by atoms with Gasteiger partial charge in [-0.3, -0.25) is 5.10 Å². The lowest BCUT2D eigenvalue weighted by Gasteiger charge is -2.10. The van der Waals surface area contributed by atoms with Crippen LogP contribution in [0.4, 0.5) is 5.69 Å². The first-order chi connectivity index (χ1) is 9.03. The predicted octanol–water partition coefficient (Wildman–Crippen LogP) is 0.428. The number of benzene rings is 1. The smallest absolute Gasteiger partial charge is 0.241 e. The Morgan fingerprint density at radius 1 is 1.42 bits per heavy atom. The van der Waals surface area contributed by atoms with Gasteiger partial charge in [0.05, 0.1) is 11.4 Å². The Morgan fingerprint density at radius 3 is 2.84 bits per heavy atom. The van der Waals surface area contributed by atoms with Crippen LogP contribution < -0.4 is 10.5 Å². The van der Waals surface area contributed by atoms with Crippen molar-refractivity contribution in [2.75, 3.05) is 5.73 Å². The minimum Gasteiger partial charge on any atom is -0.399 e. The van der Waals surface area contributed by atoms with E-state index in [1.807, 2.05) is 6.92 Å². The van der Waals surface area contributed by atoms with Crippen molar-refractivity contribution in [2.45, 2.75) is 24.8 Å². The summed E-state index contributed by atoms with van der Waals surface area (Å²) in [5, 5.41) is 6.24. The van der Waals surface area contributed by atoms with E-state index in [4.69, 9.17) is 5.73 Å². The number of aromatic nitrogens is 3. The summed E-state index contributed by atoms with van der Waals surface area (Å²) < 4.78 is 26.9. The maximum atomic E-state index is 12.2. The summed E-state index contributed by atoms with van der Waals surface area (Å²) in [5.41, 5.74) is 6.78. The van der Waals surface area contributed by atoms with Crippen molar-refractivity contribution in [3.8, 4) is 0 Å². The van der Waals surface area contributed by atoms with E-state index in [-0.39, 0.29) is 11.4 Å². The fraction of sp³-hybridized carbons (Fsp3) is 0.273. The highest BCUT2D eigenvalue weighted by molar-refractivity contribution is 7.89. The van der Waals surface area contributed by atoms with Crippen molar-refractivity contribution < 1.29 is 8.42 Å². The van der Waals surface area contributed by atoms with Crippen LogP contribution in [-0.4, -0.2) is 23.6 Å². The van der Waals surface area contributed by atoms with Gasteiger partial charge in [0.25, 0.3) is 0 Å². The van der Waals surface area contributed by atoms with E-state index in [0.29, 0.717) is 17.9 Å². The largest absolute Gasteiger partial charge is 0.399 e. The predicted molar refractivity (Wildman–Crippen MR) is 70.6 cm³/mol. The zero-order valence-corrected chi connectivity index (χ0v) is 11.2. The number of nitrogen functional groups attached to an aromatic ring is 1. The van der Waals surface area contributed by atoms with Gasteiger partial charge >= 0.3 is 0 Å². The van der Waals surface area contributed by atoms with Gasteiger partial charge in [0, 0.05) is 5.69 Å². The summed E-state index contributed by atoms with van der Waals surface area (Å²) in [6.45, 7) is 1.95. The van der Waals surface area contributed by atoms with Gasteiger partial charge in [0.1, 0.15) is 12.2 Å². The second-order valence-corrected chi connectivity index (χ2v) is 5.71. The molecule has 0 bridgehead atoms. The van der Waals surface area contributed by atoms with Crippen molar-refractivity contribution in [3.63, 3.8) is 0 Å². The van der Waals surface area contributed by atoms with Crippen molar-refractivity contribution in [1.82, 2.24) is 19.9 Å². The molecule has 0 aliphatic rings. The van der Waals surface area contributed by atoms with E-state index in [1.54, 1.807) is 12.1 Å². The molecule has 2 aromatic rings. The molecule has 8 heteroatoms. The molecule has 0 radical (unpaired) electrons. The first-order valence-corrected chi connectivity index (χ1v) is 7.23. The van der Waals surface area contributed by atoms with Gasteiger partial charge in [0.2, 0.25) is 10.0 Å². The molecule has 0 aliphatic carbocycles. The second kappa shape index (κ2) is 5.37. The monoisotopic (exact) mass is 281 g/mol. The number of H-pyrrole nitrogens is 1. The van der Waals surface area contributed by atoms with Crippen LogP contribution in [0.25, 0.3) is 0 Å². The number of hydrogen-bond donors (Lipinski definition) is 3. The number of anilines is 1. The second-order valence-electron chi connectivity index (χ2n) is 3.98. The van der Waals surface area contributed by atoms with Gasteiger partial charge in [-0.1, -0.05) is 13.0 Å². The van der Waals surface area contributed by atoms with E-state index in [0.717, 1.165) is 5.56 Å². The average Bonchev–Trinajstić information content (AvgIpc) is 2.89. The Balaban J connectivity index is 2.26. The zero-order valence-electron chi connectivity index (χ0n) is 10.4. The van der Waals surface area contributed by atoms with Crippen LogP contribution in [0.1, 0.15) is 18.3 Å². The van der Waals surface area contributed by atoms with Crippen LogP contribution in [-0.2, 0) is 23.0 Å². The Labute approximate surface area is 111 Å². The van der Waals surface area contributed by atoms with Crippen LogP contribution in [0.5, 0.6) is 0 Å². The first kappa shape index (κ1) is 13.5. The Bertz CT molecular complexity index is 652. The molecule has 19 heavy (non-hydrogen) atoms. The summed E-state index contributed by atoms with van der Waals surface area (Å²) in [6.07, 6.45) is 1.93. The lowest BCUT2D eigenvalue weighted by atomic mass is 10.1. The third-order valence-corrected chi connectivity index (χ3v) is 4.14. The fourth-order valence-corrected chi connectivity index (χ4v) is 3.00. The molecule has 0 saturated heterocycles. The number of rotatable bonds is 5. The highest BCUT2D eigenvalue weighted by atomic mass is 32.2. The molecule has 1 heterocycles. The molecule has 4 N–H and O–H groups in total. The van der Waals surface area contributed by atoms with Gasteiger partial charge in [-0.2, -0.15) is 5.10 Å². The molecule has 0 amide bonds. The Kier molecular flexibility index (Phi) is 3.82. The van der Waals surface area contributed by atoms with E-state index < -0.39 is 10.0 Å². The molecule has 0 saturated carbocycles. The van der Waals surface area contributed by atoms with E-state index >= 15 is 0 Å². The molecule has 0 aliphatic heterocycles. The maximum Gasteiger partial charge on any atom is 0.241 e. The summed E-state index contributed by atoms with van der Waals surface area (Å²) in [6, 6.07) is 4.87. The third-order valence-electron chi connectivity index (χ3n) is 2.66. The van der Waals surface area contributed by atoms with Crippen molar-refractivity contribution in [1.29, 1.82) is 0 Å². The number of nitrogens with one attached hydrogen (secondary N) is 2. The first-order valence-electron chi connectivity index (χ1n) is 5.75. The molecular weight excluding hydrogens is 266 g/mol. The van der Waals surface area contributed by atoms with E-state index in [1.165, 1.54) is 12.4 Å². The maximum absolute atomic E-state index is 12.2. The van der Waals surface area contributed by atoms with Crippen LogP contribution in [0.2, 0.25) is 0 Å². The third kappa shape index (κ3) is 3.09. The zero-order chi connectivity index (χ0) is 13.9. The molecule has 0 fully saturated rings. The minimum atomic E-state index is -3.62. The standard InChI is InChI=1S/C11H15N5O2S/c1-2-8-3-4-9(12)5-10(8)19(17,18)15-6-11-13-7-14-16-11/h3-5,7,15H,2,6,12H2,1H3,(H,13,14,16). The minimum absolute atomic E-state index is 0.0558. The molecule has 102 valence electrons. The molecule has 7 nitrogen and oxygen atoms in total. The molecule has 1 aromatic heterocycles. The highest BCUT2D eigenvalue weighted by Gasteiger charge is 2.18. The summed E-state index contributed by atoms with van der Waals surface area (Å²) >= 11 is 0. The van der Waals surface area contributed by atoms with E-state index in [2.05, 4.69) is 19.9 Å². The number of nitrogens with two attached hydrogens (primary N) is 1. The average molecular weight is 281 g/mol. The van der Waals surface area contributed by atoms with Crippen molar-refractivity contribution in [2.24, 2.45) is 0 Å². The highest BCUT2D eigenvalue weighted by Crippen LogP contribution is 2.19. The molecule has 1 aromatic carbocycles. The quantitative estimate of drug-likeness (QED) is 0.688. The lowest BCUT2D eigenvalue weighted by molar-refractivity contribution is 0.578. The van der Waals surface area contributed by atoms with Crippen molar-refractivity contribution >= 4 is 15.7 Å². The normalized spacial score (nSPS) is 11.6. The van der Waals surface area contributed by atoms with Gasteiger partial charge < -0.3 is 5.73 Å². The van der Waals surface area contributed by atoms with Gasteiger partial charge in [-0.25, -0.2) is 18.1 Å². The molecule has 0 atom stereocenters. The van der Waals surface area contributed by atoms with Crippen LogP contribution >= 0.6 is 0 Å². The molecular formula is C11H15N5O2S. The summed E-state index contributed by atoms with van der Waals surface area (Å²) in [4.78, 5) is 4.06. The molecule has 0 unspecified atom stereocenters. The number of sulfonamides is 1. The molecule has 0 spiro atoms. The van der Waals surface area contributed by atoms with Gasteiger partial charge in [-0.15, -0.1) is 0 Å². The van der Waals surface area contributed by atoms with Gasteiger partial charge in [-0.05, 0) is 24.1 Å². The number of hydrogen-bond acceptors (Lipinski definition) is 5. The fourth-order valence-electron chi connectivity index (χ4n) is 1.67. The summed E-state index contributed by atoms with van der Waals surface area (Å²) in [5.74, 6) is 0.450. The van der Waals surface area contributed by atoms with Crippen molar-refractivity contribution in [3.05, 3.63) is 35.9 Å². The van der Waals surface area contributed by atoms with Gasteiger partial charge in [0.15, 0.2) is 0 Å². The number of nitrogens with zero attached hydrogens (tertiary/aromatic N) is 2. The summed E-state index contributed by atoms with van der Waals surface area (Å²) in [7, 11) is -3.62.